The van der Waals surface area contributed by atoms with Gasteiger partial charge in [-0.3, -0.25) is 0 Å². The molecule has 1 nitrogen and oxygen atoms in total. The van der Waals surface area contributed by atoms with E-state index in [-0.39, 0.29) is 0 Å². The Hall–Kier alpha value is -0.460. The molecule has 1 N–H and O–H groups in total. The number of nitrogens with one attached hydrogen (secondary N) is 1. The van der Waals surface area contributed by atoms with Crippen LogP contribution in [0.25, 0.3) is 0 Å². The minimum absolute atomic E-state index is 0.552. The highest BCUT2D eigenvalue weighted by molar-refractivity contribution is 4.96. The van der Waals surface area contributed by atoms with Crippen LogP contribution in [0.3, 0.4) is 0 Å². The molecule has 0 rings (SSSR count). The Bertz CT molecular complexity index is 132. The van der Waals surface area contributed by atoms with Crippen LogP contribution in [-0.4, -0.2) is 6.04 Å². The zero-order valence-electron chi connectivity index (χ0n) is 9.69. The van der Waals surface area contributed by atoms with Crippen LogP contribution in [0.1, 0.15) is 53.4 Å². The molecule has 0 atom stereocenters. The Morgan fingerprint density at radius 3 is 1.92 bits per heavy atom. The first kappa shape index (κ1) is 12.5. The Morgan fingerprint density at radius 1 is 1.15 bits per heavy atom. The van der Waals surface area contributed by atoms with Crippen LogP contribution in [0.5, 0.6) is 0 Å². The summed E-state index contributed by atoms with van der Waals surface area (Å²) in [4.78, 5) is 0. The lowest BCUT2D eigenvalue weighted by Gasteiger charge is -2.22. The SMILES string of the molecule is C=C(NC(CCC)CCC)C(C)C. The van der Waals surface area contributed by atoms with Crippen LogP contribution in [-0.2, 0) is 0 Å². The molecule has 0 aromatic carbocycles. The van der Waals surface area contributed by atoms with Crippen molar-refractivity contribution in [2.24, 2.45) is 5.92 Å². The van der Waals surface area contributed by atoms with Gasteiger partial charge in [0, 0.05) is 11.7 Å². The molecule has 0 bridgehead atoms. The number of hydrogen-bond acceptors (Lipinski definition) is 1. The molecule has 0 aromatic rings. The van der Waals surface area contributed by atoms with Crippen molar-refractivity contribution in [3.05, 3.63) is 12.3 Å². The van der Waals surface area contributed by atoms with Crippen molar-refractivity contribution in [2.45, 2.75) is 59.4 Å². The molecule has 0 amide bonds. The fourth-order valence-electron chi connectivity index (χ4n) is 1.41. The molecule has 0 aliphatic carbocycles. The fourth-order valence-corrected chi connectivity index (χ4v) is 1.41. The van der Waals surface area contributed by atoms with Gasteiger partial charge in [0.05, 0.1) is 0 Å². The zero-order valence-corrected chi connectivity index (χ0v) is 9.69. The maximum absolute atomic E-state index is 4.05. The van der Waals surface area contributed by atoms with Crippen molar-refractivity contribution in [1.29, 1.82) is 0 Å². The molecule has 1 heteroatoms. The summed E-state index contributed by atoms with van der Waals surface area (Å²) in [6, 6.07) is 0.643. The van der Waals surface area contributed by atoms with Crippen molar-refractivity contribution in [3.8, 4) is 0 Å². The fraction of sp³-hybridized carbons (Fsp3) is 0.833. The van der Waals surface area contributed by atoms with Crippen molar-refractivity contribution in [2.75, 3.05) is 0 Å². The largest absolute Gasteiger partial charge is 0.386 e. The summed E-state index contributed by atoms with van der Waals surface area (Å²) in [7, 11) is 0. The number of allylic oxidation sites excluding steroid dienone is 1. The number of rotatable bonds is 7. The normalized spacial score (nSPS) is 10.9. The summed E-state index contributed by atoms with van der Waals surface area (Å²) in [5.74, 6) is 0.552. The van der Waals surface area contributed by atoms with Crippen LogP contribution in [0.2, 0.25) is 0 Å². The zero-order chi connectivity index (χ0) is 10.3. The predicted molar refractivity (Wildman–Crippen MR) is 60.7 cm³/mol. The van der Waals surface area contributed by atoms with Gasteiger partial charge in [0.1, 0.15) is 0 Å². The van der Waals surface area contributed by atoms with Gasteiger partial charge in [-0.15, -0.1) is 0 Å². The molecule has 0 saturated heterocycles. The summed E-state index contributed by atoms with van der Waals surface area (Å²) < 4.78 is 0. The van der Waals surface area contributed by atoms with Crippen LogP contribution < -0.4 is 5.32 Å². The quantitative estimate of drug-likeness (QED) is 0.634. The van der Waals surface area contributed by atoms with Gasteiger partial charge in [-0.2, -0.15) is 0 Å². The Balaban J connectivity index is 3.86. The maximum atomic E-state index is 4.05. The maximum Gasteiger partial charge on any atom is 0.0257 e. The highest BCUT2D eigenvalue weighted by Gasteiger charge is 2.08. The van der Waals surface area contributed by atoms with E-state index < -0.39 is 0 Å². The molecule has 13 heavy (non-hydrogen) atoms. The van der Waals surface area contributed by atoms with E-state index in [1.54, 1.807) is 0 Å². The lowest BCUT2D eigenvalue weighted by molar-refractivity contribution is 0.460. The minimum atomic E-state index is 0.552. The van der Waals surface area contributed by atoms with E-state index >= 15 is 0 Å². The summed E-state index contributed by atoms with van der Waals surface area (Å²) in [5.41, 5.74) is 1.19. The van der Waals surface area contributed by atoms with E-state index in [2.05, 4.69) is 39.6 Å². The molecule has 0 aliphatic heterocycles. The summed E-state index contributed by atoms with van der Waals surface area (Å²) in [6.07, 6.45) is 5.03. The first-order valence-electron chi connectivity index (χ1n) is 5.57. The van der Waals surface area contributed by atoms with Gasteiger partial charge in [-0.25, -0.2) is 0 Å². The van der Waals surface area contributed by atoms with Gasteiger partial charge in [-0.05, 0) is 18.8 Å². The first-order chi connectivity index (χ1) is 6.11. The second-order valence-electron chi connectivity index (χ2n) is 4.10. The monoisotopic (exact) mass is 183 g/mol. The van der Waals surface area contributed by atoms with Crippen molar-refractivity contribution in [1.82, 2.24) is 5.32 Å². The lowest BCUT2D eigenvalue weighted by atomic mass is 10.0. The van der Waals surface area contributed by atoms with Crippen molar-refractivity contribution < 1.29 is 0 Å². The van der Waals surface area contributed by atoms with E-state index in [0.29, 0.717) is 12.0 Å². The van der Waals surface area contributed by atoms with Crippen molar-refractivity contribution in [3.63, 3.8) is 0 Å². The second-order valence-corrected chi connectivity index (χ2v) is 4.10. The van der Waals surface area contributed by atoms with Gasteiger partial charge in [-0.1, -0.05) is 47.1 Å². The van der Waals surface area contributed by atoms with E-state index in [1.165, 1.54) is 31.4 Å². The van der Waals surface area contributed by atoms with E-state index in [4.69, 9.17) is 0 Å². The van der Waals surface area contributed by atoms with Gasteiger partial charge in [0.25, 0.3) is 0 Å². The van der Waals surface area contributed by atoms with Crippen LogP contribution in [0, 0.1) is 5.92 Å². The average Bonchev–Trinajstić information content (AvgIpc) is 2.05. The highest BCUT2D eigenvalue weighted by Crippen LogP contribution is 2.10. The molecular weight excluding hydrogens is 158 g/mol. The Morgan fingerprint density at radius 2 is 1.62 bits per heavy atom. The van der Waals surface area contributed by atoms with E-state index in [0.717, 1.165) is 0 Å². The van der Waals surface area contributed by atoms with Gasteiger partial charge in [0.15, 0.2) is 0 Å². The molecule has 0 aliphatic rings. The molecule has 0 fully saturated rings. The molecule has 0 spiro atoms. The molecule has 0 unspecified atom stereocenters. The Labute approximate surface area is 83.6 Å². The standard InChI is InChI=1S/C12H25N/c1-6-8-12(9-7-2)13-11(5)10(3)4/h10,12-13H,5-9H2,1-4H3. The summed E-state index contributed by atoms with van der Waals surface area (Å²) >= 11 is 0. The lowest BCUT2D eigenvalue weighted by Crippen LogP contribution is -2.29. The third-order valence-electron chi connectivity index (χ3n) is 2.36. The topological polar surface area (TPSA) is 12.0 Å². The predicted octanol–water partition coefficient (Wildman–Crippen LogP) is 3.71. The molecule has 78 valence electrons. The van der Waals surface area contributed by atoms with Gasteiger partial charge in [0.2, 0.25) is 0 Å². The molecule has 0 saturated carbocycles. The average molecular weight is 183 g/mol. The number of hydrogen-bond donors (Lipinski definition) is 1. The third kappa shape index (κ3) is 5.73. The summed E-state index contributed by atoms with van der Waals surface area (Å²) in [6.45, 7) is 12.9. The third-order valence-corrected chi connectivity index (χ3v) is 2.36. The smallest absolute Gasteiger partial charge is 0.0257 e. The molecule has 0 radical (unpaired) electrons. The van der Waals surface area contributed by atoms with Gasteiger partial charge < -0.3 is 5.32 Å². The van der Waals surface area contributed by atoms with Crippen LogP contribution in [0.15, 0.2) is 12.3 Å². The van der Waals surface area contributed by atoms with E-state index in [9.17, 15) is 0 Å². The molecule has 0 aromatic heterocycles. The highest BCUT2D eigenvalue weighted by atomic mass is 14.9. The van der Waals surface area contributed by atoms with E-state index in [1.807, 2.05) is 0 Å². The molecule has 0 heterocycles. The minimum Gasteiger partial charge on any atom is -0.386 e. The summed E-state index contributed by atoms with van der Waals surface area (Å²) in [5, 5.41) is 3.52. The first-order valence-corrected chi connectivity index (χ1v) is 5.57. The van der Waals surface area contributed by atoms with Gasteiger partial charge >= 0.3 is 0 Å². The van der Waals surface area contributed by atoms with Crippen LogP contribution in [0.4, 0.5) is 0 Å². The molecular formula is C12H25N. The van der Waals surface area contributed by atoms with Crippen LogP contribution >= 0.6 is 0 Å². The Kier molecular flexibility index (Phi) is 6.75. The van der Waals surface area contributed by atoms with Crippen molar-refractivity contribution >= 4 is 0 Å². The second kappa shape index (κ2) is 6.99.